The maximum atomic E-state index is 12.2. The Bertz CT molecular complexity index is 423. The number of nitrogen functional groups attached to an aromatic ring is 1. The van der Waals surface area contributed by atoms with Crippen LogP contribution in [0.15, 0.2) is 18.2 Å². The van der Waals surface area contributed by atoms with Crippen molar-refractivity contribution in [2.45, 2.75) is 25.8 Å². The number of likely N-dealkylation sites (tertiary alicyclic amines) is 1. The predicted octanol–water partition coefficient (Wildman–Crippen LogP) is 2.97. The second-order valence-corrected chi connectivity index (χ2v) is 4.64. The van der Waals surface area contributed by atoms with E-state index < -0.39 is 0 Å². The number of hydrogen-bond acceptors (Lipinski definition) is 2. The van der Waals surface area contributed by atoms with Crippen molar-refractivity contribution in [2.75, 3.05) is 12.3 Å². The summed E-state index contributed by atoms with van der Waals surface area (Å²) in [4.78, 5) is 14.1. The average Bonchev–Trinajstić information content (AvgIpc) is 2.63. The van der Waals surface area contributed by atoms with E-state index in [0.29, 0.717) is 22.3 Å². The second kappa shape index (κ2) is 5.61. The first-order chi connectivity index (χ1) is 7.59. The number of anilines is 1. The van der Waals surface area contributed by atoms with Crippen LogP contribution in [-0.2, 0) is 0 Å². The summed E-state index contributed by atoms with van der Waals surface area (Å²) in [6.07, 6.45) is 2.14. The van der Waals surface area contributed by atoms with Crippen LogP contribution in [0.5, 0.6) is 0 Å². The maximum absolute atomic E-state index is 12.2. The summed E-state index contributed by atoms with van der Waals surface area (Å²) < 4.78 is 0. The molecular formula is C12H16Cl2N2O. The van der Waals surface area contributed by atoms with Crippen molar-refractivity contribution < 1.29 is 4.79 Å². The minimum absolute atomic E-state index is 0. The Labute approximate surface area is 112 Å². The van der Waals surface area contributed by atoms with E-state index in [1.54, 1.807) is 18.2 Å². The Balaban J connectivity index is 0.00000144. The van der Waals surface area contributed by atoms with Gasteiger partial charge in [0, 0.05) is 18.3 Å². The standard InChI is InChI=1S/C12H15ClN2O.ClH/c1-8-3-2-6-15(8)12(16)10-5-4-9(14)7-11(10)13;/h4-5,7-8H,2-3,6,14H2,1H3;1H. The van der Waals surface area contributed by atoms with Crippen LogP contribution in [0, 0.1) is 0 Å². The fraction of sp³-hybridized carbons (Fsp3) is 0.417. The molecule has 0 saturated carbocycles. The summed E-state index contributed by atoms with van der Waals surface area (Å²) in [6, 6.07) is 5.33. The highest BCUT2D eigenvalue weighted by atomic mass is 35.5. The molecule has 1 aromatic rings. The minimum Gasteiger partial charge on any atom is -0.399 e. The number of rotatable bonds is 1. The van der Waals surface area contributed by atoms with E-state index in [9.17, 15) is 4.79 Å². The van der Waals surface area contributed by atoms with Crippen molar-refractivity contribution in [3.8, 4) is 0 Å². The van der Waals surface area contributed by atoms with Crippen LogP contribution in [0.3, 0.4) is 0 Å². The maximum Gasteiger partial charge on any atom is 0.255 e. The Morgan fingerprint density at radius 3 is 2.76 bits per heavy atom. The van der Waals surface area contributed by atoms with Gasteiger partial charge in [0.1, 0.15) is 0 Å². The lowest BCUT2D eigenvalue weighted by atomic mass is 10.1. The van der Waals surface area contributed by atoms with Crippen LogP contribution < -0.4 is 5.73 Å². The molecule has 2 rings (SSSR count). The van der Waals surface area contributed by atoms with Gasteiger partial charge in [0.2, 0.25) is 0 Å². The van der Waals surface area contributed by atoms with Crippen LogP contribution in [0.2, 0.25) is 5.02 Å². The molecule has 1 saturated heterocycles. The topological polar surface area (TPSA) is 46.3 Å². The van der Waals surface area contributed by atoms with E-state index in [-0.39, 0.29) is 18.3 Å². The van der Waals surface area contributed by atoms with E-state index in [1.807, 2.05) is 4.90 Å². The van der Waals surface area contributed by atoms with Gasteiger partial charge in [-0.15, -0.1) is 12.4 Å². The molecule has 1 aromatic carbocycles. The van der Waals surface area contributed by atoms with Gasteiger partial charge in [-0.05, 0) is 38.0 Å². The summed E-state index contributed by atoms with van der Waals surface area (Å²) in [7, 11) is 0. The van der Waals surface area contributed by atoms with Crippen LogP contribution in [0.4, 0.5) is 5.69 Å². The fourth-order valence-electron chi connectivity index (χ4n) is 2.09. The molecule has 0 spiro atoms. The van der Waals surface area contributed by atoms with Gasteiger partial charge in [-0.25, -0.2) is 0 Å². The van der Waals surface area contributed by atoms with Crippen LogP contribution in [0.1, 0.15) is 30.1 Å². The molecule has 1 aliphatic heterocycles. The van der Waals surface area contributed by atoms with E-state index >= 15 is 0 Å². The Morgan fingerprint density at radius 1 is 1.53 bits per heavy atom. The number of halogens is 2. The number of carbonyl (C=O) groups is 1. The summed E-state index contributed by atoms with van der Waals surface area (Å²) in [6.45, 7) is 2.89. The molecular weight excluding hydrogens is 259 g/mol. The molecule has 2 N–H and O–H groups in total. The first-order valence-corrected chi connectivity index (χ1v) is 5.83. The quantitative estimate of drug-likeness (QED) is 0.801. The van der Waals surface area contributed by atoms with Crippen molar-refractivity contribution in [1.29, 1.82) is 0 Å². The molecule has 3 nitrogen and oxygen atoms in total. The van der Waals surface area contributed by atoms with Crippen LogP contribution in [-0.4, -0.2) is 23.4 Å². The summed E-state index contributed by atoms with van der Waals surface area (Å²) in [5.74, 6) is 0.00926. The fourth-order valence-corrected chi connectivity index (χ4v) is 2.36. The highest BCUT2D eigenvalue weighted by Crippen LogP contribution is 2.24. The lowest BCUT2D eigenvalue weighted by Crippen LogP contribution is -2.33. The average molecular weight is 275 g/mol. The third kappa shape index (κ3) is 2.85. The molecule has 1 atom stereocenters. The second-order valence-electron chi connectivity index (χ2n) is 4.23. The van der Waals surface area contributed by atoms with Gasteiger partial charge in [0.05, 0.1) is 10.6 Å². The molecule has 0 aliphatic carbocycles. The number of hydrogen-bond donors (Lipinski definition) is 1. The van der Waals surface area contributed by atoms with Crippen molar-refractivity contribution in [3.63, 3.8) is 0 Å². The molecule has 1 amide bonds. The number of amides is 1. The lowest BCUT2D eigenvalue weighted by Gasteiger charge is -2.22. The highest BCUT2D eigenvalue weighted by Gasteiger charge is 2.27. The highest BCUT2D eigenvalue weighted by molar-refractivity contribution is 6.34. The zero-order valence-corrected chi connectivity index (χ0v) is 11.2. The van der Waals surface area contributed by atoms with Gasteiger partial charge < -0.3 is 10.6 Å². The molecule has 1 aliphatic rings. The van der Waals surface area contributed by atoms with Gasteiger partial charge in [-0.1, -0.05) is 11.6 Å². The zero-order chi connectivity index (χ0) is 11.7. The van der Waals surface area contributed by atoms with Crippen LogP contribution in [0.25, 0.3) is 0 Å². The summed E-state index contributed by atoms with van der Waals surface area (Å²) in [5, 5.41) is 0.434. The van der Waals surface area contributed by atoms with Gasteiger partial charge in [-0.2, -0.15) is 0 Å². The van der Waals surface area contributed by atoms with E-state index in [2.05, 4.69) is 6.92 Å². The number of benzene rings is 1. The largest absolute Gasteiger partial charge is 0.399 e. The summed E-state index contributed by atoms with van der Waals surface area (Å²) in [5.41, 5.74) is 6.72. The lowest BCUT2D eigenvalue weighted by molar-refractivity contribution is 0.0747. The predicted molar refractivity (Wildman–Crippen MR) is 72.8 cm³/mol. The normalized spacial score (nSPS) is 18.9. The van der Waals surface area contributed by atoms with Crippen molar-refractivity contribution >= 4 is 35.6 Å². The van der Waals surface area contributed by atoms with Gasteiger partial charge in [0.15, 0.2) is 0 Å². The monoisotopic (exact) mass is 274 g/mol. The molecule has 1 heterocycles. The minimum atomic E-state index is 0. The first-order valence-electron chi connectivity index (χ1n) is 5.45. The smallest absolute Gasteiger partial charge is 0.255 e. The van der Waals surface area contributed by atoms with Crippen molar-refractivity contribution in [2.24, 2.45) is 0 Å². The Morgan fingerprint density at radius 2 is 2.24 bits per heavy atom. The molecule has 94 valence electrons. The number of nitrogens with zero attached hydrogens (tertiary/aromatic N) is 1. The zero-order valence-electron chi connectivity index (χ0n) is 9.65. The molecule has 5 heteroatoms. The van der Waals surface area contributed by atoms with Gasteiger partial charge >= 0.3 is 0 Å². The first kappa shape index (κ1) is 14.1. The summed E-state index contributed by atoms with van der Waals surface area (Å²) >= 11 is 6.02. The molecule has 1 unspecified atom stereocenters. The van der Waals surface area contributed by atoms with E-state index in [0.717, 1.165) is 19.4 Å². The van der Waals surface area contributed by atoms with Gasteiger partial charge in [-0.3, -0.25) is 4.79 Å². The van der Waals surface area contributed by atoms with Crippen molar-refractivity contribution in [3.05, 3.63) is 28.8 Å². The van der Waals surface area contributed by atoms with E-state index in [1.165, 1.54) is 0 Å². The van der Waals surface area contributed by atoms with Crippen LogP contribution >= 0.6 is 24.0 Å². The SMILES string of the molecule is CC1CCCN1C(=O)c1ccc(N)cc1Cl.Cl. The number of carbonyl (C=O) groups excluding carboxylic acids is 1. The van der Waals surface area contributed by atoms with Crippen molar-refractivity contribution in [1.82, 2.24) is 4.90 Å². The third-order valence-electron chi connectivity index (χ3n) is 3.04. The van der Waals surface area contributed by atoms with Gasteiger partial charge in [0.25, 0.3) is 5.91 Å². The molecule has 1 fully saturated rings. The third-order valence-corrected chi connectivity index (χ3v) is 3.35. The van der Waals surface area contributed by atoms with E-state index in [4.69, 9.17) is 17.3 Å². The molecule has 0 aromatic heterocycles. The Kier molecular flexibility index (Phi) is 4.66. The molecule has 0 radical (unpaired) electrons. The number of nitrogens with two attached hydrogens (primary N) is 1. The Hall–Kier alpha value is -0.930. The molecule has 17 heavy (non-hydrogen) atoms. The molecule has 0 bridgehead atoms.